The second kappa shape index (κ2) is 7.51. The number of rotatable bonds is 4. The van der Waals surface area contributed by atoms with Crippen molar-refractivity contribution in [2.75, 3.05) is 24.6 Å². The van der Waals surface area contributed by atoms with Crippen LogP contribution in [0.4, 0.5) is 11.4 Å². The minimum absolute atomic E-state index is 0.0475. The molecule has 1 amide bonds. The molecular formula is C20H20N4O2. The van der Waals surface area contributed by atoms with E-state index in [4.69, 9.17) is 4.74 Å². The highest BCUT2D eigenvalue weighted by Gasteiger charge is 2.22. The molecule has 2 heterocycles. The van der Waals surface area contributed by atoms with Crippen molar-refractivity contribution in [2.24, 2.45) is 0 Å². The molecule has 1 atom stereocenters. The fraction of sp³-hybridized carbons (Fsp3) is 0.200. The van der Waals surface area contributed by atoms with Gasteiger partial charge in [-0.3, -0.25) is 14.8 Å². The van der Waals surface area contributed by atoms with Gasteiger partial charge in [0, 0.05) is 30.7 Å². The number of anilines is 2. The monoisotopic (exact) mass is 348 g/mol. The van der Waals surface area contributed by atoms with Crippen LogP contribution in [-0.4, -0.2) is 35.8 Å². The van der Waals surface area contributed by atoms with E-state index in [9.17, 15) is 4.79 Å². The number of benzene rings is 2. The highest BCUT2D eigenvalue weighted by Crippen LogP contribution is 2.29. The second-order valence-electron chi connectivity index (χ2n) is 6.10. The maximum atomic E-state index is 13.0. The molecule has 1 saturated heterocycles. The number of ether oxygens (including phenoxy) is 1. The van der Waals surface area contributed by atoms with E-state index in [1.807, 2.05) is 54.6 Å². The topological polar surface area (TPSA) is 70.2 Å². The largest absolute Gasteiger partial charge is 0.371 e. The van der Waals surface area contributed by atoms with Gasteiger partial charge in [-0.15, -0.1) is 0 Å². The lowest BCUT2D eigenvalue weighted by atomic mass is 10.1. The van der Waals surface area contributed by atoms with Crippen molar-refractivity contribution >= 4 is 17.3 Å². The van der Waals surface area contributed by atoms with Gasteiger partial charge in [-0.25, -0.2) is 0 Å². The molecule has 4 rings (SSSR count). The number of carbonyl (C=O) groups excluding carboxylic acids is 1. The first-order chi connectivity index (χ1) is 12.8. The predicted molar refractivity (Wildman–Crippen MR) is 99.5 cm³/mol. The first-order valence-electron chi connectivity index (χ1n) is 8.64. The van der Waals surface area contributed by atoms with Crippen LogP contribution in [0.1, 0.15) is 22.2 Å². The Hall–Kier alpha value is -2.96. The zero-order valence-corrected chi connectivity index (χ0v) is 14.3. The van der Waals surface area contributed by atoms with Gasteiger partial charge in [0.15, 0.2) is 0 Å². The number of morpholine rings is 1. The Morgan fingerprint density at radius 1 is 1.04 bits per heavy atom. The molecule has 1 aromatic heterocycles. The van der Waals surface area contributed by atoms with Gasteiger partial charge in [-0.1, -0.05) is 30.3 Å². The van der Waals surface area contributed by atoms with Gasteiger partial charge in [0.1, 0.15) is 5.69 Å². The second-order valence-corrected chi connectivity index (χ2v) is 6.10. The van der Waals surface area contributed by atoms with E-state index in [2.05, 4.69) is 15.5 Å². The SMILES string of the molecule is O=C(c1ccn[nH]1)N(c1ccccc1)c1ccc(C2CNCCO2)cc1. The minimum Gasteiger partial charge on any atom is -0.371 e. The van der Waals surface area contributed by atoms with Gasteiger partial charge in [0.2, 0.25) is 0 Å². The third-order valence-electron chi connectivity index (χ3n) is 4.40. The third kappa shape index (κ3) is 3.37. The first-order valence-corrected chi connectivity index (χ1v) is 8.64. The van der Waals surface area contributed by atoms with Gasteiger partial charge < -0.3 is 10.1 Å². The van der Waals surface area contributed by atoms with E-state index in [0.717, 1.165) is 30.0 Å². The van der Waals surface area contributed by atoms with E-state index in [1.165, 1.54) is 0 Å². The normalized spacial score (nSPS) is 17.0. The number of aromatic amines is 1. The van der Waals surface area contributed by atoms with Crippen LogP contribution in [0.15, 0.2) is 66.9 Å². The zero-order valence-electron chi connectivity index (χ0n) is 14.3. The third-order valence-corrected chi connectivity index (χ3v) is 4.40. The highest BCUT2D eigenvalue weighted by atomic mass is 16.5. The van der Waals surface area contributed by atoms with E-state index in [1.54, 1.807) is 17.2 Å². The minimum atomic E-state index is -0.156. The molecule has 1 aliphatic rings. The quantitative estimate of drug-likeness (QED) is 0.760. The maximum Gasteiger partial charge on any atom is 0.280 e. The average Bonchev–Trinajstić information content (AvgIpc) is 3.25. The number of nitrogens with one attached hydrogen (secondary N) is 2. The van der Waals surface area contributed by atoms with Crippen molar-refractivity contribution in [2.45, 2.75) is 6.10 Å². The molecule has 0 spiro atoms. The number of aromatic nitrogens is 2. The van der Waals surface area contributed by atoms with Crippen LogP contribution in [0.3, 0.4) is 0 Å². The van der Waals surface area contributed by atoms with Gasteiger partial charge in [0.25, 0.3) is 5.91 Å². The van der Waals surface area contributed by atoms with Crippen molar-refractivity contribution in [3.05, 3.63) is 78.1 Å². The molecule has 2 N–H and O–H groups in total. The van der Waals surface area contributed by atoms with Crippen LogP contribution >= 0.6 is 0 Å². The number of hydrogen-bond acceptors (Lipinski definition) is 4. The van der Waals surface area contributed by atoms with Gasteiger partial charge in [0.05, 0.1) is 12.7 Å². The summed E-state index contributed by atoms with van der Waals surface area (Å²) in [6.45, 7) is 2.39. The van der Waals surface area contributed by atoms with Crippen LogP contribution in [0.5, 0.6) is 0 Å². The number of para-hydroxylation sites is 1. The molecule has 1 unspecified atom stereocenters. The average molecular weight is 348 g/mol. The van der Waals surface area contributed by atoms with Crippen LogP contribution < -0.4 is 10.2 Å². The van der Waals surface area contributed by atoms with Crippen molar-refractivity contribution in [1.82, 2.24) is 15.5 Å². The molecule has 1 aliphatic heterocycles. The summed E-state index contributed by atoms with van der Waals surface area (Å²) in [7, 11) is 0. The summed E-state index contributed by atoms with van der Waals surface area (Å²) in [5, 5.41) is 9.98. The number of nitrogens with zero attached hydrogens (tertiary/aromatic N) is 2. The van der Waals surface area contributed by atoms with Crippen molar-refractivity contribution in [3.8, 4) is 0 Å². The Morgan fingerprint density at radius 3 is 2.46 bits per heavy atom. The lowest BCUT2D eigenvalue weighted by molar-refractivity contribution is 0.0277. The maximum absolute atomic E-state index is 13.0. The van der Waals surface area contributed by atoms with E-state index in [-0.39, 0.29) is 12.0 Å². The molecule has 0 radical (unpaired) electrons. The summed E-state index contributed by atoms with van der Waals surface area (Å²) in [5.74, 6) is -0.156. The molecule has 6 nitrogen and oxygen atoms in total. The predicted octanol–water partition coefficient (Wildman–Crippen LogP) is 3.05. The Labute approximate surface area is 151 Å². The van der Waals surface area contributed by atoms with Crippen molar-refractivity contribution in [1.29, 1.82) is 0 Å². The number of amides is 1. The van der Waals surface area contributed by atoms with Crippen LogP contribution in [-0.2, 0) is 4.74 Å². The van der Waals surface area contributed by atoms with Gasteiger partial charge in [-0.2, -0.15) is 5.10 Å². The highest BCUT2D eigenvalue weighted by molar-refractivity contribution is 6.09. The fourth-order valence-electron chi connectivity index (χ4n) is 3.07. The Morgan fingerprint density at radius 2 is 1.81 bits per heavy atom. The van der Waals surface area contributed by atoms with Crippen molar-refractivity contribution in [3.63, 3.8) is 0 Å². The standard InChI is InChI=1S/C20H20N4O2/c25-20(18-10-11-22-23-18)24(16-4-2-1-3-5-16)17-8-6-15(7-9-17)19-14-21-12-13-26-19/h1-11,19,21H,12-14H2,(H,22,23). The van der Waals surface area contributed by atoms with Gasteiger partial charge >= 0.3 is 0 Å². The fourth-order valence-corrected chi connectivity index (χ4v) is 3.07. The molecule has 1 fully saturated rings. The molecule has 0 bridgehead atoms. The van der Waals surface area contributed by atoms with Gasteiger partial charge in [-0.05, 0) is 35.9 Å². The summed E-state index contributed by atoms with van der Waals surface area (Å²) in [6, 6.07) is 19.2. The van der Waals surface area contributed by atoms with E-state index < -0.39 is 0 Å². The molecule has 2 aromatic carbocycles. The number of carbonyl (C=O) groups is 1. The van der Waals surface area contributed by atoms with Crippen LogP contribution in [0.2, 0.25) is 0 Å². The molecule has 26 heavy (non-hydrogen) atoms. The molecule has 0 saturated carbocycles. The Kier molecular flexibility index (Phi) is 4.77. The summed E-state index contributed by atoms with van der Waals surface area (Å²) in [6.07, 6.45) is 1.62. The zero-order chi connectivity index (χ0) is 17.8. The Bertz CT molecular complexity index is 841. The Balaban J connectivity index is 1.66. The first kappa shape index (κ1) is 16.5. The lowest BCUT2D eigenvalue weighted by Crippen LogP contribution is -2.33. The summed E-state index contributed by atoms with van der Waals surface area (Å²) < 4.78 is 5.80. The number of H-pyrrole nitrogens is 1. The molecular weight excluding hydrogens is 328 g/mol. The van der Waals surface area contributed by atoms with E-state index in [0.29, 0.717) is 12.3 Å². The molecule has 6 heteroatoms. The summed E-state index contributed by atoms with van der Waals surface area (Å²) in [5.41, 5.74) is 3.14. The summed E-state index contributed by atoms with van der Waals surface area (Å²) in [4.78, 5) is 14.7. The molecule has 3 aromatic rings. The van der Waals surface area contributed by atoms with Crippen LogP contribution in [0.25, 0.3) is 0 Å². The number of hydrogen-bond donors (Lipinski definition) is 2. The molecule has 132 valence electrons. The molecule has 0 aliphatic carbocycles. The van der Waals surface area contributed by atoms with Crippen LogP contribution in [0, 0.1) is 0 Å². The smallest absolute Gasteiger partial charge is 0.280 e. The van der Waals surface area contributed by atoms with E-state index >= 15 is 0 Å². The lowest BCUT2D eigenvalue weighted by Gasteiger charge is -2.26. The summed E-state index contributed by atoms with van der Waals surface area (Å²) >= 11 is 0. The van der Waals surface area contributed by atoms with Crippen molar-refractivity contribution < 1.29 is 9.53 Å².